The molecular formula is C18H14F3NO3S. The summed E-state index contributed by atoms with van der Waals surface area (Å²) in [4.78, 5) is 14.7. The van der Waals surface area contributed by atoms with Gasteiger partial charge in [-0.3, -0.25) is 4.79 Å². The molecule has 0 spiro atoms. The van der Waals surface area contributed by atoms with Crippen LogP contribution in [0.3, 0.4) is 0 Å². The Labute approximate surface area is 151 Å². The third-order valence-corrected chi connectivity index (χ3v) is 4.57. The van der Waals surface area contributed by atoms with Gasteiger partial charge in [-0.2, -0.15) is 13.2 Å². The standard InChI is InChI=1S/C18H14F3NO3S/c1-10-12(3-6-17(22-10)18(19,20)21)8-24-13-4-5-14-15(25-11(2)23)9-26-16(14)7-13/h3-7,9H,8H2,1-2H3. The Balaban J connectivity index is 1.75. The molecule has 0 fully saturated rings. The zero-order valence-corrected chi connectivity index (χ0v) is 14.7. The summed E-state index contributed by atoms with van der Waals surface area (Å²) >= 11 is 1.41. The number of aryl methyl sites for hydroxylation is 1. The maximum Gasteiger partial charge on any atom is 0.433 e. The molecule has 2 heterocycles. The fourth-order valence-corrected chi connectivity index (χ4v) is 3.26. The fourth-order valence-electron chi connectivity index (χ4n) is 2.37. The van der Waals surface area contributed by atoms with Gasteiger partial charge in [0.15, 0.2) is 0 Å². The second-order valence-electron chi connectivity index (χ2n) is 5.58. The Morgan fingerprint density at radius 2 is 2.00 bits per heavy atom. The van der Waals surface area contributed by atoms with Crippen LogP contribution in [-0.2, 0) is 17.6 Å². The van der Waals surface area contributed by atoms with Gasteiger partial charge in [0.05, 0.1) is 0 Å². The minimum absolute atomic E-state index is 0.102. The Morgan fingerprint density at radius 1 is 1.23 bits per heavy atom. The minimum atomic E-state index is -4.46. The van der Waals surface area contributed by atoms with E-state index in [1.54, 1.807) is 23.6 Å². The highest BCUT2D eigenvalue weighted by Gasteiger charge is 2.32. The summed E-state index contributed by atoms with van der Waals surface area (Å²) in [6, 6.07) is 7.60. The van der Waals surface area contributed by atoms with E-state index in [4.69, 9.17) is 9.47 Å². The first kappa shape index (κ1) is 18.2. The third kappa shape index (κ3) is 3.96. The van der Waals surface area contributed by atoms with Crippen LogP contribution in [0.4, 0.5) is 13.2 Å². The lowest BCUT2D eigenvalue weighted by molar-refractivity contribution is -0.141. The predicted octanol–water partition coefficient (Wildman–Crippen LogP) is 5.13. The average Bonchev–Trinajstić information content (AvgIpc) is 2.94. The first-order valence-electron chi connectivity index (χ1n) is 7.60. The minimum Gasteiger partial charge on any atom is -0.489 e. The maximum atomic E-state index is 12.7. The number of fused-ring (bicyclic) bond motifs is 1. The van der Waals surface area contributed by atoms with E-state index in [-0.39, 0.29) is 12.3 Å². The highest BCUT2D eigenvalue weighted by atomic mass is 32.1. The molecule has 0 amide bonds. The van der Waals surface area contributed by atoms with Crippen LogP contribution in [0, 0.1) is 6.92 Å². The first-order chi connectivity index (χ1) is 12.2. The molecule has 0 atom stereocenters. The number of carbonyl (C=O) groups excluding carboxylic acids is 1. The fraction of sp³-hybridized carbons (Fsp3) is 0.222. The molecule has 0 unspecified atom stereocenters. The molecule has 2 aromatic heterocycles. The summed E-state index contributed by atoms with van der Waals surface area (Å²) in [6.07, 6.45) is -4.46. The van der Waals surface area contributed by atoms with Gasteiger partial charge in [0, 0.05) is 33.6 Å². The summed E-state index contributed by atoms with van der Waals surface area (Å²) in [5, 5.41) is 2.53. The summed E-state index contributed by atoms with van der Waals surface area (Å²) in [6.45, 7) is 2.95. The van der Waals surface area contributed by atoms with Gasteiger partial charge in [-0.15, -0.1) is 11.3 Å². The molecule has 26 heavy (non-hydrogen) atoms. The average molecular weight is 381 g/mol. The predicted molar refractivity (Wildman–Crippen MR) is 91.4 cm³/mol. The topological polar surface area (TPSA) is 48.4 Å². The molecule has 3 aromatic rings. The Kier molecular flexibility index (Phi) is 4.86. The van der Waals surface area contributed by atoms with Crippen LogP contribution in [0.2, 0.25) is 0 Å². The number of carbonyl (C=O) groups is 1. The third-order valence-electron chi connectivity index (χ3n) is 3.65. The number of halogens is 3. The molecule has 0 bridgehead atoms. The molecule has 0 saturated carbocycles. The number of rotatable bonds is 4. The molecule has 1 aromatic carbocycles. The van der Waals surface area contributed by atoms with Crippen LogP contribution in [0.5, 0.6) is 11.5 Å². The SMILES string of the molecule is CC(=O)Oc1csc2cc(OCc3ccc(C(F)(F)F)nc3C)ccc12. The number of pyridine rings is 1. The number of alkyl halides is 3. The monoisotopic (exact) mass is 381 g/mol. The number of hydrogen-bond donors (Lipinski definition) is 0. The van der Waals surface area contributed by atoms with E-state index in [1.165, 1.54) is 31.3 Å². The highest BCUT2D eigenvalue weighted by Crippen LogP contribution is 2.35. The molecule has 0 aliphatic heterocycles. The smallest absolute Gasteiger partial charge is 0.433 e. The highest BCUT2D eigenvalue weighted by molar-refractivity contribution is 7.17. The molecule has 4 nitrogen and oxygen atoms in total. The lowest BCUT2D eigenvalue weighted by Gasteiger charge is -2.11. The zero-order chi connectivity index (χ0) is 18.9. The number of esters is 1. The lowest BCUT2D eigenvalue weighted by atomic mass is 10.2. The van der Waals surface area contributed by atoms with Crippen molar-refractivity contribution in [1.82, 2.24) is 4.98 Å². The Hall–Kier alpha value is -2.61. The van der Waals surface area contributed by atoms with Gasteiger partial charge in [0.1, 0.15) is 23.8 Å². The summed E-state index contributed by atoms with van der Waals surface area (Å²) in [5.74, 6) is 0.662. The number of thiophene rings is 1. The second kappa shape index (κ2) is 6.95. The van der Waals surface area contributed by atoms with Gasteiger partial charge in [0.25, 0.3) is 0 Å². The Morgan fingerprint density at radius 3 is 2.65 bits per heavy atom. The molecule has 0 aliphatic rings. The van der Waals surface area contributed by atoms with Crippen molar-refractivity contribution in [3.05, 3.63) is 52.7 Å². The quantitative estimate of drug-likeness (QED) is 0.588. The largest absolute Gasteiger partial charge is 0.489 e. The van der Waals surface area contributed by atoms with Crippen molar-refractivity contribution in [2.45, 2.75) is 26.6 Å². The van der Waals surface area contributed by atoms with Crippen molar-refractivity contribution in [3.63, 3.8) is 0 Å². The molecule has 3 rings (SSSR count). The van der Waals surface area contributed by atoms with Crippen molar-refractivity contribution < 1.29 is 27.4 Å². The van der Waals surface area contributed by atoms with Crippen LogP contribution in [0.1, 0.15) is 23.9 Å². The van der Waals surface area contributed by atoms with Crippen LogP contribution >= 0.6 is 11.3 Å². The number of nitrogens with zero attached hydrogens (tertiary/aromatic N) is 1. The number of aromatic nitrogens is 1. The second-order valence-corrected chi connectivity index (χ2v) is 6.49. The van der Waals surface area contributed by atoms with Crippen LogP contribution in [0.25, 0.3) is 10.1 Å². The van der Waals surface area contributed by atoms with Gasteiger partial charge in [-0.05, 0) is 31.2 Å². The molecule has 8 heteroatoms. The van der Waals surface area contributed by atoms with Gasteiger partial charge in [-0.1, -0.05) is 6.07 Å². The van der Waals surface area contributed by atoms with E-state index in [9.17, 15) is 18.0 Å². The van der Waals surface area contributed by atoms with Crippen LogP contribution < -0.4 is 9.47 Å². The molecular weight excluding hydrogens is 367 g/mol. The van der Waals surface area contributed by atoms with E-state index in [2.05, 4.69) is 4.98 Å². The first-order valence-corrected chi connectivity index (χ1v) is 8.48. The number of benzene rings is 1. The molecule has 0 saturated heterocycles. The lowest BCUT2D eigenvalue weighted by Crippen LogP contribution is -2.10. The van der Waals surface area contributed by atoms with E-state index in [0.29, 0.717) is 17.1 Å². The molecule has 0 N–H and O–H groups in total. The van der Waals surface area contributed by atoms with Crippen molar-refractivity contribution in [1.29, 1.82) is 0 Å². The number of hydrogen-bond acceptors (Lipinski definition) is 5. The summed E-state index contributed by atoms with van der Waals surface area (Å²) < 4.78 is 49.6. The maximum absolute atomic E-state index is 12.7. The number of ether oxygens (including phenoxy) is 2. The molecule has 0 aliphatic carbocycles. The van der Waals surface area contributed by atoms with Gasteiger partial charge in [0.2, 0.25) is 0 Å². The zero-order valence-electron chi connectivity index (χ0n) is 13.9. The van der Waals surface area contributed by atoms with E-state index in [0.717, 1.165) is 16.2 Å². The molecule has 136 valence electrons. The van der Waals surface area contributed by atoms with Crippen molar-refractivity contribution in [3.8, 4) is 11.5 Å². The van der Waals surface area contributed by atoms with Gasteiger partial charge in [-0.25, -0.2) is 4.98 Å². The Bertz CT molecular complexity index is 966. The van der Waals surface area contributed by atoms with E-state index >= 15 is 0 Å². The van der Waals surface area contributed by atoms with E-state index in [1.807, 2.05) is 0 Å². The van der Waals surface area contributed by atoms with Gasteiger partial charge < -0.3 is 9.47 Å². The van der Waals surface area contributed by atoms with Gasteiger partial charge >= 0.3 is 12.1 Å². The van der Waals surface area contributed by atoms with E-state index < -0.39 is 17.8 Å². The van der Waals surface area contributed by atoms with Crippen molar-refractivity contribution in [2.24, 2.45) is 0 Å². The molecule has 0 radical (unpaired) electrons. The van der Waals surface area contributed by atoms with Crippen LogP contribution in [0.15, 0.2) is 35.7 Å². The normalized spacial score (nSPS) is 11.6. The van der Waals surface area contributed by atoms with Crippen LogP contribution in [-0.4, -0.2) is 11.0 Å². The summed E-state index contributed by atoms with van der Waals surface area (Å²) in [7, 11) is 0. The van der Waals surface area contributed by atoms with Crippen molar-refractivity contribution in [2.75, 3.05) is 0 Å². The summed E-state index contributed by atoms with van der Waals surface area (Å²) in [5.41, 5.74) is -0.0733. The van der Waals surface area contributed by atoms with Crippen molar-refractivity contribution >= 4 is 27.4 Å².